The number of benzene rings is 2. The van der Waals surface area contributed by atoms with Crippen LogP contribution in [-0.4, -0.2) is 72.4 Å². The molecular formula is C27H28N6O4. The van der Waals surface area contributed by atoms with Gasteiger partial charge in [-0.3, -0.25) is 14.3 Å². The fourth-order valence-corrected chi connectivity index (χ4v) is 5.49. The number of aliphatic hydroxyl groups excluding tert-OH is 1. The molecule has 0 aliphatic carbocycles. The molecule has 2 aliphatic heterocycles. The van der Waals surface area contributed by atoms with E-state index in [4.69, 9.17) is 4.52 Å². The molecule has 6 rings (SSSR count). The van der Waals surface area contributed by atoms with Crippen molar-refractivity contribution in [2.75, 3.05) is 19.7 Å². The Labute approximate surface area is 213 Å². The highest BCUT2D eigenvalue weighted by atomic mass is 16.5. The van der Waals surface area contributed by atoms with Gasteiger partial charge in [0, 0.05) is 49.1 Å². The largest absolute Gasteiger partial charge is 0.394 e. The third-order valence-corrected chi connectivity index (χ3v) is 7.58. The number of hydrogen-bond donors (Lipinski definition) is 1. The topological polar surface area (TPSA) is 118 Å². The number of amides is 2. The zero-order chi connectivity index (χ0) is 25.7. The van der Waals surface area contributed by atoms with Crippen molar-refractivity contribution in [1.82, 2.24) is 29.7 Å². The lowest BCUT2D eigenvalue weighted by molar-refractivity contribution is -0.138. The average Bonchev–Trinajstić information content (AvgIpc) is 3.61. The van der Waals surface area contributed by atoms with Gasteiger partial charge in [-0.05, 0) is 37.5 Å². The van der Waals surface area contributed by atoms with E-state index in [9.17, 15) is 14.7 Å². The van der Waals surface area contributed by atoms with Gasteiger partial charge in [-0.1, -0.05) is 35.5 Å². The summed E-state index contributed by atoms with van der Waals surface area (Å²) in [4.78, 5) is 34.0. The quantitative estimate of drug-likeness (QED) is 0.448. The molecule has 0 saturated carbocycles. The summed E-state index contributed by atoms with van der Waals surface area (Å²) in [5.74, 6) is 0.691. The molecule has 4 aromatic rings. The van der Waals surface area contributed by atoms with Crippen LogP contribution in [-0.2, 0) is 18.4 Å². The van der Waals surface area contributed by atoms with E-state index in [-0.39, 0.29) is 17.7 Å². The van der Waals surface area contributed by atoms with E-state index in [0.717, 1.165) is 27.7 Å². The number of piperidine rings is 1. The van der Waals surface area contributed by atoms with Gasteiger partial charge in [0.05, 0.1) is 17.8 Å². The van der Waals surface area contributed by atoms with Gasteiger partial charge in [0.2, 0.25) is 17.6 Å². The molecule has 2 aliphatic rings. The third-order valence-electron chi connectivity index (χ3n) is 7.58. The van der Waals surface area contributed by atoms with Gasteiger partial charge in [-0.2, -0.15) is 10.1 Å². The van der Waals surface area contributed by atoms with Crippen molar-refractivity contribution in [2.45, 2.75) is 38.3 Å². The van der Waals surface area contributed by atoms with E-state index in [1.807, 2.05) is 55.1 Å². The number of rotatable bonds is 5. The Kier molecular flexibility index (Phi) is 5.75. The van der Waals surface area contributed by atoms with Gasteiger partial charge >= 0.3 is 0 Å². The van der Waals surface area contributed by atoms with E-state index >= 15 is 0 Å². The first-order chi connectivity index (χ1) is 17.9. The standard InChI is InChI=1S/C27H28N6O4/c1-16-20-8-7-18(13-22(20)31(2)29-16)24-28-25(37-30-24)17-9-11-32(12-10-17)27(36)23(15-34)33-14-19-5-3-4-6-21(19)26(33)35/h3-8,13,17,23,34H,9-12,14-15H2,1-2H3. The number of likely N-dealkylation sites (tertiary alicyclic amines) is 1. The molecule has 4 heterocycles. The maximum atomic E-state index is 13.3. The van der Waals surface area contributed by atoms with E-state index in [0.29, 0.717) is 49.8 Å². The molecule has 10 heteroatoms. The van der Waals surface area contributed by atoms with Crippen LogP contribution in [0.5, 0.6) is 0 Å². The molecule has 2 amide bonds. The minimum Gasteiger partial charge on any atom is -0.394 e. The summed E-state index contributed by atoms with van der Waals surface area (Å²) >= 11 is 0. The lowest BCUT2D eigenvalue weighted by atomic mass is 9.96. The second kappa shape index (κ2) is 9.11. The summed E-state index contributed by atoms with van der Waals surface area (Å²) in [7, 11) is 1.91. The van der Waals surface area contributed by atoms with E-state index < -0.39 is 12.6 Å². The maximum Gasteiger partial charge on any atom is 0.255 e. The fraction of sp³-hybridized carbons (Fsp3) is 0.370. The number of aromatic nitrogens is 4. The van der Waals surface area contributed by atoms with Gasteiger partial charge in [0.15, 0.2) is 0 Å². The Morgan fingerprint density at radius 1 is 1.19 bits per heavy atom. The Morgan fingerprint density at radius 3 is 2.73 bits per heavy atom. The van der Waals surface area contributed by atoms with Crippen LogP contribution in [0.3, 0.4) is 0 Å². The summed E-state index contributed by atoms with van der Waals surface area (Å²) in [6.45, 7) is 2.89. The van der Waals surface area contributed by atoms with Crippen LogP contribution < -0.4 is 0 Å². The molecule has 1 atom stereocenters. The smallest absolute Gasteiger partial charge is 0.255 e. The molecule has 1 fully saturated rings. The van der Waals surface area contributed by atoms with Crippen molar-refractivity contribution in [1.29, 1.82) is 0 Å². The highest BCUT2D eigenvalue weighted by Gasteiger charge is 2.39. The normalized spacial score (nSPS) is 17.0. The van der Waals surface area contributed by atoms with Gasteiger partial charge < -0.3 is 19.4 Å². The predicted molar refractivity (Wildman–Crippen MR) is 134 cm³/mol. The van der Waals surface area contributed by atoms with Crippen LogP contribution >= 0.6 is 0 Å². The molecule has 1 N–H and O–H groups in total. The van der Waals surface area contributed by atoms with Crippen LogP contribution in [0.1, 0.15) is 46.3 Å². The molecule has 37 heavy (non-hydrogen) atoms. The van der Waals surface area contributed by atoms with E-state index in [1.165, 1.54) is 4.90 Å². The monoisotopic (exact) mass is 500 g/mol. The maximum absolute atomic E-state index is 13.3. The van der Waals surface area contributed by atoms with Crippen LogP contribution in [0.4, 0.5) is 0 Å². The van der Waals surface area contributed by atoms with Crippen molar-refractivity contribution < 1.29 is 19.2 Å². The number of aliphatic hydroxyl groups is 1. The predicted octanol–water partition coefficient (Wildman–Crippen LogP) is 2.65. The number of nitrogens with zero attached hydrogens (tertiary/aromatic N) is 6. The van der Waals surface area contributed by atoms with Gasteiger partial charge in [-0.15, -0.1) is 0 Å². The summed E-state index contributed by atoms with van der Waals surface area (Å²) in [6.07, 6.45) is 1.33. The molecule has 1 saturated heterocycles. The molecule has 0 bridgehead atoms. The van der Waals surface area contributed by atoms with E-state index in [2.05, 4.69) is 15.2 Å². The highest BCUT2D eigenvalue weighted by molar-refractivity contribution is 6.01. The summed E-state index contributed by atoms with van der Waals surface area (Å²) in [6, 6.07) is 12.4. The zero-order valence-corrected chi connectivity index (χ0v) is 20.8. The minimum atomic E-state index is -0.892. The number of carbonyl (C=O) groups is 2. The van der Waals surface area contributed by atoms with Gasteiger partial charge in [-0.25, -0.2) is 0 Å². The Bertz CT molecular complexity index is 1500. The lowest BCUT2D eigenvalue weighted by Crippen LogP contribution is -2.52. The molecule has 0 radical (unpaired) electrons. The molecule has 0 spiro atoms. The van der Waals surface area contributed by atoms with Crippen LogP contribution in [0.2, 0.25) is 0 Å². The molecule has 2 aromatic heterocycles. The second-order valence-electron chi connectivity index (χ2n) is 9.79. The highest BCUT2D eigenvalue weighted by Crippen LogP contribution is 2.31. The lowest BCUT2D eigenvalue weighted by Gasteiger charge is -2.35. The molecule has 2 aromatic carbocycles. The minimum absolute atomic E-state index is 0.0400. The van der Waals surface area contributed by atoms with E-state index in [1.54, 1.807) is 11.0 Å². The number of fused-ring (bicyclic) bond motifs is 2. The van der Waals surface area contributed by atoms with Crippen molar-refractivity contribution in [3.05, 3.63) is 65.2 Å². The van der Waals surface area contributed by atoms with Crippen molar-refractivity contribution >= 4 is 22.7 Å². The zero-order valence-electron chi connectivity index (χ0n) is 20.8. The first-order valence-electron chi connectivity index (χ1n) is 12.5. The molecule has 10 nitrogen and oxygen atoms in total. The third kappa shape index (κ3) is 3.97. The Hall–Kier alpha value is -4.05. The first-order valence-corrected chi connectivity index (χ1v) is 12.5. The molecular weight excluding hydrogens is 472 g/mol. The van der Waals surface area contributed by atoms with Crippen molar-refractivity contribution in [3.8, 4) is 11.4 Å². The van der Waals surface area contributed by atoms with Crippen LogP contribution in [0.15, 0.2) is 47.0 Å². The van der Waals surface area contributed by atoms with Crippen LogP contribution in [0.25, 0.3) is 22.3 Å². The van der Waals surface area contributed by atoms with Gasteiger partial charge in [0.1, 0.15) is 6.04 Å². The van der Waals surface area contributed by atoms with Crippen LogP contribution in [0, 0.1) is 6.92 Å². The SMILES string of the molecule is Cc1nn(C)c2cc(-c3noc(C4CCN(C(=O)C(CO)N5Cc6ccccc6C5=O)CC4)n3)ccc12. The summed E-state index contributed by atoms with van der Waals surface area (Å²) in [5.41, 5.74) is 4.31. The number of carbonyl (C=O) groups excluding carboxylic acids is 2. The average molecular weight is 501 g/mol. The number of hydrogen-bond acceptors (Lipinski definition) is 7. The first kappa shape index (κ1) is 23.4. The van der Waals surface area contributed by atoms with Crippen molar-refractivity contribution in [3.63, 3.8) is 0 Å². The second-order valence-corrected chi connectivity index (χ2v) is 9.79. The number of aryl methyl sites for hydroxylation is 2. The Morgan fingerprint density at radius 2 is 1.97 bits per heavy atom. The Balaban J connectivity index is 1.12. The molecule has 1 unspecified atom stereocenters. The summed E-state index contributed by atoms with van der Waals surface area (Å²) in [5, 5.41) is 19.8. The van der Waals surface area contributed by atoms with Crippen molar-refractivity contribution in [2.24, 2.45) is 7.05 Å². The fourth-order valence-electron chi connectivity index (χ4n) is 5.49. The molecule has 190 valence electrons. The van der Waals surface area contributed by atoms with Gasteiger partial charge in [0.25, 0.3) is 5.91 Å². The summed E-state index contributed by atoms with van der Waals surface area (Å²) < 4.78 is 7.46.